The third kappa shape index (κ3) is 3.97. The number of fused-ring (bicyclic) bond motifs is 1. The average Bonchev–Trinajstić information content (AvgIpc) is 2.90. The van der Waals surface area contributed by atoms with Gasteiger partial charge in [-0.3, -0.25) is 4.79 Å². The summed E-state index contributed by atoms with van der Waals surface area (Å²) >= 11 is 1.50. The fraction of sp³-hybridized carbons (Fsp3) is 0.611. The zero-order chi connectivity index (χ0) is 17.3. The molecule has 1 aromatic carbocycles. The van der Waals surface area contributed by atoms with Crippen LogP contribution in [0.25, 0.3) is 0 Å². The van der Waals surface area contributed by atoms with Crippen LogP contribution in [0.4, 0.5) is 5.69 Å². The molecule has 1 atom stereocenters. The first-order chi connectivity index (χ1) is 11.4. The van der Waals surface area contributed by atoms with Gasteiger partial charge in [-0.2, -0.15) is 0 Å². The Morgan fingerprint density at radius 2 is 2.17 bits per heavy atom. The van der Waals surface area contributed by atoms with E-state index in [-0.39, 0.29) is 22.7 Å². The summed E-state index contributed by atoms with van der Waals surface area (Å²) in [6.07, 6.45) is 2.69. The molecular weight excluding hydrogens is 342 g/mol. The lowest BCUT2D eigenvalue weighted by atomic mass is 9.95. The molecule has 2 aliphatic rings. The number of nitrogens with zero attached hydrogens (tertiary/aromatic N) is 1. The fourth-order valence-electron chi connectivity index (χ4n) is 3.39. The van der Waals surface area contributed by atoms with Gasteiger partial charge in [-0.1, -0.05) is 26.0 Å². The Hall–Kier alpha value is -1.01. The second kappa shape index (κ2) is 7.08. The monoisotopic (exact) mass is 367 g/mol. The number of hydrogen-bond donors (Lipinski definition) is 0. The van der Waals surface area contributed by atoms with Crippen molar-refractivity contribution in [2.24, 2.45) is 0 Å². The van der Waals surface area contributed by atoms with E-state index >= 15 is 0 Å². The minimum absolute atomic E-state index is 0.0755. The van der Waals surface area contributed by atoms with Crippen LogP contribution in [0.1, 0.15) is 43.7 Å². The van der Waals surface area contributed by atoms with Gasteiger partial charge in [0.25, 0.3) is 0 Å². The summed E-state index contributed by atoms with van der Waals surface area (Å²) in [6.45, 7) is 5.12. The second-order valence-corrected chi connectivity index (χ2v) is 10.5. The molecule has 2 aliphatic heterocycles. The number of thioether (sulfide) groups is 1. The molecule has 132 valence electrons. The van der Waals surface area contributed by atoms with Crippen LogP contribution in [0.5, 0.6) is 0 Å². The van der Waals surface area contributed by atoms with E-state index in [1.54, 1.807) is 0 Å². The highest BCUT2D eigenvalue weighted by Crippen LogP contribution is 2.31. The average molecular weight is 368 g/mol. The van der Waals surface area contributed by atoms with Gasteiger partial charge in [0.2, 0.25) is 5.91 Å². The van der Waals surface area contributed by atoms with Crippen LogP contribution >= 0.6 is 11.8 Å². The zero-order valence-corrected chi connectivity index (χ0v) is 16.0. The van der Waals surface area contributed by atoms with Crippen LogP contribution < -0.4 is 4.90 Å². The van der Waals surface area contributed by atoms with Crippen molar-refractivity contribution in [3.63, 3.8) is 0 Å². The molecular formula is C18H25NO3S2. The largest absolute Gasteiger partial charge is 0.311 e. The van der Waals surface area contributed by atoms with E-state index in [9.17, 15) is 13.2 Å². The van der Waals surface area contributed by atoms with Crippen molar-refractivity contribution in [1.82, 2.24) is 0 Å². The van der Waals surface area contributed by atoms with Gasteiger partial charge in [-0.15, -0.1) is 11.8 Å². The van der Waals surface area contributed by atoms with Gasteiger partial charge in [0.05, 0.1) is 17.3 Å². The molecule has 2 heterocycles. The number of carbonyl (C=O) groups is 1. The lowest BCUT2D eigenvalue weighted by Gasteiger charge is -2.30. The number of sulfone groups is 1. The summed E-state index contributed by atoms with van der Waals surface area (Å²) in [5, 5.41) is 0.0755. The quantitative estimate of drug-likeness (QED) is 0.821. The van der Waals surface area contributed by atoms with Crippen LogP contribution in [0.2, 0.25) is 0 Å². The number of rotatable bonds is 4. The van der Waals surface area contributed by atoms with E-state index in [0.29, 0.717) is 18.1 Å². The zero-order valence-electron chi connectivity index (χ0n) is 14.3. The van der Waals surface area contributed by atoms with Crippen molar-refractivity contribution in [2.75, 3.05) is 28.7 Å². The van der Waals surface area contributed by atoms with Gasteiger partial charge < -0.3 is 4.90 Å². The van der Waals surface area contributed by atoms with Crippen LogP contribution in [0.15, 0.2) is 18.2 Å². The fourth-order valence-corrected chi connectivity index (χ4v) is 6.91. The third-order valence-electron chi connectivity index (χ3n) is 4.82. The molecule has 0 bridgehead atoms. The number of benzene rings is 1. The van der Waals surface area contributed by atoms with E-state index in [4.69, 9.17) is 0 Å². The Labute approximate surface area is 148 Å². The molecule has 3 rings (SSSR count). The highest BCUT2D eigenvalue weighted by molar-refractivity contribution is 8.02. The smallest absolute Gasteiger partial charge is 0.236 e. The van der Waals surface area contributed by atoms with Crippen LogP contribution in [-0.2, 0) is 21.1 Å². The van der Waals surface area contributed by atoms with E-state index < -0.39 is 9.84 Å². The van der Waals surface area contributed by atoms with Gasteiger partial charge in [-0.25, -0.2) is 8.42 Å². The molecule has 0 aromatic heterocycles. The predicted octanol–water partition coefficient (Wildman–Crippen LogP) is 3.01. The summed E-state index contributed by atoms with van der Waals surface area (Å²) in [5.74, 6) is 1.44. The summed E-state index contributed by atoms with van der Waals surface area (Å²) < 4.78 is 23.1. The van der Waals surface area contributed by atoms with E-state index in [0.717, 1.165) is 25.1 Å². The lowest BCUT2D eigenvalue weighted by Crippen LogP contribution is -2.37. The predicted molar refractivity (Wildman–Crippen MR) is 101 cm³/mol. The van der Waals surface area contributed by atoms with E-state index in [2.05, 4.69) is 32.0 Å². The minimum Gasteiger partial charge on any atom is -0.311 e. The Balaban J connectivity index is 1.66. The Morgan fingerprint density at radius 3 is 2.83 bits per heavy atom. The van der Waals surface area contributed by atoms with Crippen molar-refractivity contribution in [3.05, 3.63) is 29.3 Å². The summed E-state index contributed by atoms with van der Waals surface area (Å²) in [6, 6.07) is 6.42. The van der Waals surface area contributed by atoms with Crippen LogP contribution in [0.3, 0.4) is 0 Å². The van der Waals surface area contributed by atoms with Crippen molar-refractivity contribution in [2.45, 2.75) is 44.3 Å². The maximum atomic E-state index is 12.7. The molecule has 1 fully saturated rings. The van der Waals surface area contributed by atoms with Crippen molar-refractivity contribution >= 4 is 33.2 Å². The SMILES string of the molecule is CC(C)c1ccc2c(c1)CCCN2C(=O)CS[C@@H]1CCS(=O)(=O)C1. The number of aryl methyl sites for hydroxylation is 1. The van der Waals surface area contributed by atoms with Crippen LogP contribution in [0, 0.1) is 0 Å². The summed E-state index contributed by atoms with van der Waals surface area (Å²) in [5.41, 5.74) is 3.61. The highest BCUT2D eigenvalue weighted by Gasteiger charge is 2.30. The number of amides is 1. The minimum atomic E-state index is -2.88. The highest BCUT2D eigenvalue weighted by atomic mass is 32.2. The Kier molecular flexibility index (Phi) is 5.25. The molecule has 0 spiro atoms. The number of hydrogen-bond acceptors (Lipinski definition) is 4. The molecule has 6 heteroatoms. The van der Waals surface area contributed by atoms with E-state index in [1.165, 1.54) is 22.9 Å². The normalized spacial score (nSPS) is 22.6. The molecule has 24 heavy (non-hydrogen) atoms. The van der Waals surface area contributed by atoms with Gasteiger partial charge in [0.15, 0.2) is 9.84 Å². The molecule has 1 aromatic rings. The van der Waals surface area contributed by atoms with Crippen molar-refractivity contribution in [1.29, 1.82) is 0 Å². The first-order valence-corrected chi connectivity index (χ1v) is 11.5. The Morgan fingerprint density at radius 1 is 1.38 bits per heavy atom. The maximum absolute atomic E-state index is 12.7. The van der Waals surface area contributed by atoms with Gasteiger partial charge in [0.1, 0.15) is 0 Å². The standard InChI is InChI=1S/C18H25NO3S2/c1-13(2)14-5-6-17-15(10-14)4-3-8-19(17)18(20)11-23-16-7-9-24(21,22)12-16/h5-6,10,13,16H,3-4,7-9,11-12H2,1-2H3/t16-/m1/s1. The molecule has 0 aliphatic carbocycles. The van der Waals surface area contributed by atoms with E-state index in [1.807, 2.05) is 4.90 Å². The lowest BCUT2D eigenvalue weighted by molar-refractivity contribution is -0.116. The molecule has 1 amide bonds. The summed E-state index contributed by atoms with van der Waals surface area (Å²) in [7, 11) is -2.88. The number of anilines is 1. The van der Waals surface area contributed by atoms with Gasteiger partial charge in [0, 0.05) is 17.5 Å². The molecule has 0 unspecified atom stereocenters. The van der Waals surface area contributed by atoms with Crippen molar-refractivity contribution < 1.29 is 13.2 Å². The number of carbonyl (C=O) groups excluding carboxylic acids is 1. The molecule has 0 saturated carbocycles. The van der Waals surface area contributed by atoms with Gasteiger partial charge in [-0.05, 0) is 42.4 Å². The first-order valence-electron chi connectivity index (χ1n) is 8.61. The molecule has 0 N–H and O–H groups in total. The van der Waals surface area contributed by atoms with Crippen LogP contribution in [-0.4, -0.2) is 43.4 Å². The second-order valence-electron chi connectivity index (χ2n) is 7.03. The Bertz CT molecular complexity index is 728. The molecule has 4 nitrogen and oxygen atoms in total. The third-order valence-corrected chi connectivity index (χ3v) is 8.09. The van der Waals surface area contributed by atoms with Gasteiger partial charge >= 0.3 is 0 Å². The van der Waals surface area contributed by atoms with Crippen molar-refractivity contribution in [3.8, 4) is 0 Å². The molecule has 1 saturated heterocycles. The maximum Gasteiger partial charge on any atom is 0.236 e. The topological polar surface area (TPSA) is 54.5 Å². The summed E-state index contributed by atoms with van der Waals surface area (Å²) in [4.78, 5) is 14.5. The first kappa shape index (κ1) is 17.8. The molecule has 0 radical (unpaired) electrons.